The van der Waals surface area contributed by atoms with Gasteiger partial charge in [0.05, 0.1) is 22.7 Å². The predicted molar refractivity (Wildman–Crippen MR) is 128 cm³/mol. The van der Waals surface area contributed by atoms with E-state index in [0.29, 0.717) is 22.9 Å². The highest BCUT2D eigenvalue weighted by molar-refractivity contribution is 7.89. The second-order valence-corrected chi connectivity index (χ2v) is 10.2. The summed E-state index contributed by atoms with van der Waals surface area (Å²) in [5.74, 6) is -1.26. The smallest absolute Gasteiger partial charge is 0.309 e. The second kappa shape index (κ2) is 9.59. The van der Waals surface area contributed by atoms with Gasteiger partial charge in [-0.3, -0.25) is 9.59 Å². The standard InChI is InChI=1S/C25H21FN4O5S/c26-18-9-11-19(12-10-18)36(33,34)30-14-13-17-5-1-2-6-20(17)23(30)15-24(31)35-16-29-25(32)21-7-3-4-8-22(21)27-28-29/h1-12,23H,13-16H2. The molecular weight excluding hydrogens is 487 g/mol. The van der Waals surface area contributed by atoms with Gasteiger partial charge in [0.25, 0.3) is 5.56 Å². The van der Waals surface area contributed by atoms with Crippen molar-refractivity contribution in [2.45, 2.75) is 30.5 Å². The van der Waals surface area contributed by atoms with Crippen LogP contribution in [0.1, 0.15) is 23.6 Å². The van der Waals surface area contributed by atoms with Gasteiger partial charge in [-0.05, 0) is 53.9 Å². The van der Waals surface area contributed by atoms with Crippen LogP contribution in [0.15, 0.2) is 82.5 Å². The number of aromatic nitrogens is 3. The highest BCUT2D eigenvalue weighted by Gasteiger charge is 2.37. The molecule has 0 bridgehead atoms. The van der Waals surface area contributed by atoms with E-state index in [4.69, 9.17) is 4.74 Å². The van der Waals surface area contributed by atoms with Gasteiger partial charge in [-0.25, -0.2) is 12.8 Å². The molecule has 3 aromatic carbocycles. The van der Waals surface area contributed by atoms with Crippen LogP contribution in [0.25, 0.3) is 10.9 Å². The highest BCUT2D eigenvalue weighted by Crippen LogP contribution is 2.36. The van der Waals surface area contributed by atoms with Crippen molar-refractivity contribution in [1.29, 1.82) is 0 Å². The van der Waals surface area contributed by atoms with Gasteiger partial charge in [-0.1, -0.05) is 41.6 Å². The van der Waals surface area contributed by atoms with E-state index in [1.807, 2.05) is 12.1 Å². The first-order chi connectivity index (χ1) is 17.3. The molecule has 1 atom stereocenters. The van der Waals surface area contributed by atoms with Crippen LogP contribution in [0.3, 0.4) is 0 Å². The van der Waals surface area contributed by atoms with Crippen molar-refractivity contribution in [3.05, 3.63) is 100 Å². The van der Waals surface area contributed by atoms with Gasteiger partial charge in [0.2, 0.25) is 10.0 Å². The first-order valence-corrected chi connectivity index (χ1v) is 12.6. The number of carbonyl (C=O) groups is 1. The molecule has 0 amide bonds. The minimum atomic E-state index is -4.03. The lowest BCUT2D eigenvalue weighted by molar-refractivity contribution is -0.149. The Labute approximate surface area is 205 Å². The van der Waals surface area contributed by atoms with E-state index in [1.54, 1.807) is 36.4 Å². The number of benzene rings is 3. The van der Waals surface area contributed by atoms with Crippen LogP contribution in [0, 0.1) is 5.82 Å². The highest BCUT2D eigenvalue weighted by atomic mass is 32.2. The molecule has 1 unspecified atom stereocenters. The number of ether oxygens (including phenoxy) is 1. The third-order valence-corrected chi connectivity index (χ3v) is 8.04. The zero-order valence-corrected chi connectivity index (χ0v) is 19.8. The molecule has 0 N–H and O–H groups in total. The van der Waals surface area contributed by atoms with Gasteiger partial charge in [-0.2, -0.15) is 8.99 Å². The second-order valence-electron chi connectivity index (χ2n) is 8.30. The van der Waals surface area contributed by atoms with Gasteiger partial charge in [0.15, 0.2) is 6.73 Å². The summed E-state index contributed by atoms with van der Waals surface area (Å²) in [5, 5.41) is 8.09. The average molecular weight is 509 g/mol. The fraction of sp³-hybridized carbons (Fsp3) is 0.200. The summed E-state index contributed by atoms with van der Waals surface area (Å²) in [6.45, 7) is -0.321. The molecule has 1 aromatic heterocycles. The lowest BCUT2D eigenvalue weighted by Gasteiger charge is -2.36. The maximum Gasteiger partial charge on any atom is 0.309 e. The molecule has 0 spiro atoms. The molecule has 5 rings (SSSR count). The number of sulfonamides is 1. The van der Waals surface area contributed by atoms with Gasteiger partial charge in [-0.15, -0.1) is 5.10 Å². The Morgan fingerprint density at radius 2 is 1.75 bits per heavy atom. The summed E-state index contributed by atoms with van der Waals surface area (Å²) in [4.78, 5) is 25.4. The quantitative estimate of drug-likeness (QED) is 0.368. The van der Waals surface area contributed by atoms with Crippen molar-refractivity contribution in [3.63, 3.8) is 0 Å². The fourth-order valence-electron chi connectivity index (χ4n) is 4.33. The Kier molecular flexibility index (Phi) is 6.33. The first kappa shape index (κ1) is 23.8. The summed E-state index contributed by atoms with van der Waals surface area (Å²) in [5.41, 5.74) is 1.58. The monoisotopic (exact) mass is 508 g/mol. The maximum atomic E-state index is 13.4. The minimum Gasteiger partial charge on any atom is -0.442 e. The van der Waals surface area contributed by atoms with E-state index in [1.165, 1.54) is 16.4 Å². The Morgan fingerprint density at radius 3 is 2.56 bits per heavy atom. The number of fused-ring (bicyclic) bond motifs is 2. The summed E-state index contributed by atoms with van der Waals surface area (Å²) in [6, 6.07) is 17.7. The third-order valence-electron chi connectivity index (χ3n) is 6.12. The van der Waals surface area contributed by atoms with E-state index in [9.17, 15) is 22.4 Å². The van der Waals surface area contributed by atoms with Gasteiger partial charge >= 0.3 is 5.97 Å². The Hall–Kier alpha value is -3.96. The van der Waals surface area contributed by atoms with Crippen LogP contribution >= 0.6 is 0 Å². The molecule has 2 heterocycles. The maximum absolute atomic E-state index is 13.4. The van der Waals surface area contributed by atoms with E-state index in [0.717, 1.165) is 22.4 Å². The molecule has 0 saturated carbocycles. The van der Waals surface area contributed by atoms with Crippen LogP contribution in [0.4, 0.5) is 4.39 Å². The van der Waals surface area contributed by atoms with Crippen molar-refractivity contribution in [2.24, 2.45) is 0 Å². The van der Waals surface area contributed by atoms with Crippen LogP contribution in [0.5, 0.6) is 0 Å². The molecule has 1 aliphatic heterocycles. The van der Waals surface area contributed by atoms with Gasteiger partial charge in [0.1, 0.15) is 11.3 Å². The Morgan fingerprint density at radius 1 is 1.03 bits per heavy atom. The summed E-state index contributed by atoms with van der Waals surface area (Å²) < 4.78 is 47.8. The molecule has 11 heteroatoms. The van der Waals surface area contributed by atoms with Crippen molar-refractivity contribution >= 4 is 26.9 Å². The summed E-state index contributed by atoms with van der Waals surface area (Å²) >= 11 is 0. The molecule has 0 radical (unpaired) electrons. The lowest BCUT2D eigenvalue weighted by Crippen LogP contribution is -2.41. The number of nitrogens with zero attached hydrogens (tertiary/aromatic N) is 4. The molecular formula is C25H21FN4O5S. The summed E-state index contributed by atoms with van der Waals surface area (Å²) in [6.07, 6.45) is 0.178. The van der Waals surface area contributed by atoms with Gasteiger partial charge < -0.3 is 4.74 Å². The Balaban J connectivity index is 1.40. The number of esters is 1. The van der Waals surface area contributed by atoms with Crippen molar-refractivity contribution < 1.29 is 22.3 Å². The fourth-order valence-corrected chi connectivity index (χ4v) is 5.93. The summed E-state index contributed by atoms with van der Waals surface area (Å²) in [7, 11) is -4.03. The van der Waals surface area contributed by atoms with E-state index >= 15 is 0 Å². The van der Waals surface area contributed by atoms with Crippen LogP contribution in [0.2, 0.25) is 0 Å². The molecule has 4 aromatic rings. The molecule has 9 nitrogen and oxygen atoms in total. The largest absolute Gasteiger partial charge is 0.442 e. The van der Waals surface area contributed by atoms with Gasteiger partial charge in [0, 0.05) is 6.54 Å². The zero-order valence-electron chi connectivity index (χ0n) is 19.0. The normalized spacial score (nSPS) is 16.0. The van der Waals surface area contributed by atoms with E-state index < -0.39 is 40.1 Å². The van der Waals surface area contributed by atoms with Crippen molar-refractivity contribution in [2.75, 3.05) is 6.54 Å². The molecule has 0 fully saturated rings. The minimum absolute atomic E-state index is 0.0698. The third kappa shape index (κ3) is 4.50. The average Bonchev–Trinajstić information content (AvgIpc) is 2.89. The molecule has 1 aliphatic rings. The number of hydrogen-bond donors (Lipinski definition) is 0. The molecule has 36 heavy (non-hydrogen) atoms. The van der Waals surface area contributed by atoms with Crippen LogP contribution < -0.4 is 5.56 Å². The number of carbonyl (C=O) groups excluding carboxylic acids is 1. The SMILES string of the molecule is O=C(CC1c2ccccc2CCN1S(=O)(=O)c1ccc(F)cc1)OCn1nnc2ccccc2c1=O. The van der Waals surface area contributed by atoms with Crippen molar-refractivity contribution in [1.82, 2.24) is 19.3 Å². The molecule has 184 valence electrons. The number of halogens is 1. The van der Waals surface area contributed by atoms with E-state index in [-0.39, 0.29) is 17.9 Å². The van der Waals surface area contributed by atoms with Crippen molar-refractivity contribution in [3.8, 4) is 0 Å². The first-order valence-electron chi connectivity index (χ1n) is 11.2. The zero-order chi connectivity index (χ0) is 25.3. The van der Waals surface area contributed by atoms with Crippen LogP contribution in [-0.2, 0) is 32.7 Å². The Bertz CT molecular complexity index is 1610. The van der Waals surface area contributed by atoms with E-state index in [2.05, 4.69) is 10.3 Å². The topological polar surface area (TPSA) is 111 Å². The van der Waals surface area contributed by atoms with Crippen LogP contribution in [-0.4, -0.2) is 40.2 Å². The number of hydrogen-bond acceptors (Lipinski definition) is 7. The predicted octanol–water partition coefficient (Wildman–Crippen LogP) is 2.81. The molecule has 0 saturated heterocycles. The molecule has 0 aliphatic carbocycles. The number of rotatable bonds is 6. The lowest BCUT2D eigenvalue weighted by atomic mass is 9.92.